The Hall–Kier alpha value is -0.0400. The van der Waals surface area contributed by atoms with Crippen LogP contribution in [0.2, 0.25) is 0 Å². The molecule has 0 aromatic carbocycles. The molecule has 108 valence electrons. The first-order valence-electron chi connectivity index (χ1n) is 8.06. The smallest absolute Gasteiger partial charge is 0.0157 e. The molecule has 2 N–H and O–H groups in total. The largest absolute Gasteiger partial charge is 0.325 e. The van der Waals surface area contributed by atoms with E-state index in [0.717, 1.165) is 11.8 Å². The van der Waals surface area contributed by atoms with Gasteiger partial charge in [0.2, 0.25) is 0 Å². The molecule has 1 nitrogen and oxygen atoms in total. The Balaban J connectivity index is 2.54. The van der Waals surface area contributed by atoms with Gasteiger partial charge in [0.25, 0.3) is 0 Å². The summed E-state index contributed by atoms with van der Waals surface area (Å²) in [5.74, 6) is 1.66. The molecule has 0 heterocycles. The van der Waals surface area contributed by atoms with Crippen LogP contribution in [0.15, 0.2) is 0 Å². The van der Waals surface area contributed by atoms with Crippen molar-refractivity contribution in [3.05, 3.63) is 0 Å². The first kappa shape index (κ1) is 16.0. The van der Waals surface area contributed by atoms with Gasteiger partial charge in [-0.2, -0.15) is 0 Å². The van der Waals surface area contributed by atoms with Crippen LogP contribution in [0.25, 0.3) is 0 Å². The second kappa shape index (κ2) is 6.41. The summed E-state index contributed by atoms with van der Waals surface area (Å²) >= 11 is 0. The molecular weight excluding hydrogens is 218 g/mol. The molecule has 0 saturated heterocycles. The van der Waals surface area contributed by atoms with E-state index >= 15 is 0 Å². The molecule has 0 spiro atoms. The monoisotopic (exact) mass is 253 g/mol. The summed E-state index contributed by atoms with van der Waals surface area (Å²) in [6, 6.07) is 0. The zero-order chi connectivity index (χ0) is 13.8. The molecule has 1 fully saturated rings. The second-order valence-corrected chi connectivity index (χ2v) is 7.95. The average molecular weight is 253 g/mol. The molecule has 3 atom stereocenters. The van der Waals surface area contributed by atoms with Gasteiger partial charge in [0, 0.05) is 5.54 Å². The second-order valence-electron chi connectivity index (χ2n) is 7.95. The zero-order valence-corrected chi connectivity index (χ0v) is 13.4. The van der Waals surface area contributed by atoms with Gasteiger partial charge in [0.15, 0.2) is 0 Å². The summed E-state index contributed by atoms with van der Waals surface area (Å²) in [4.78, 5) is 0. The topological polar surface area (TPSA) is 26.0 Å². The van der Waals surface area contributed by atoms with Crippen LogP contribution in [-0.2, 0) is 0 Å². The minimum atomic E-state index is 0.134. The van der Waals surface area contributed by atoms with Gasteiger partial charge in [0.05, 0.1) is 0 Å². The van der Waals surface area contributed by atoms with Gasteiger partial charge in [-0.3, -0.25) is 0 Å². The minimum absolute atomic E-state index is 0.134. The lowest BCUT2D eigenvalue weighted by Gasteiger charge is -2.33. The van der Waals surface area contributed by atoms with Gasteiger partial charge in [-0.25, -0.2) is 0 Å². The Morgan fingerprint density at radius 1 is 1.22 bits per heavy atom. The third-order valence-corrected chi connectivity index (χ3v) is 4.98. The van der Waals surface area contributed by atoms with E-state index in [1.807, 2.05) is 0 Å². The molecule has 0 aromatic rings. The Labute approximate surface area is 115 Å². The summed E-state index contributed by atoms with van der Waals surface area (Å²) in [5, 5.41) is 0. The van der Waals surface area contributed by atoms with E-state index in [2.05, 4.69) is 34.6 Å². The van der Waals surface area contributed by atoms with Crippen molar-refractivity contribution in [1.29, 1.82) is 0 Å². The van der Waals surface area contributed by atoms with Crippen LogP contribution in [0.4, 0.5) is 0 Å². The van der Waals surface area contributed by atoms with Crippen LogP contribution in [0.1, 0.15) is 86.0 Å². The highest BCUT2D eigenvalue weighted by Gasteiger charge is 2.34. The van der Waals surface area contributed by atoms with Crippen LogP contribution in [0, 0.1) is 17.3 Å². The number of nitrogens with two attached hydrogens (primary N) is 1. The molecule has 18 heavy (non-hydrogen) atoms. The van der Waals surface area contributed by atoms with Crippen molar-refractivity contribution in [2.75, 3.05) is 0 Å². The normalized spacial score (nSPS) is 32.0. The van der Waals surface area contributed by atoms with Crippen molar-refractivity contribution < 1.29 is 0 Å². The lowest BCUT2D eigenvalue weighted by molar-refractivity contribution is 0.207. The minimum Gasteiger partial charge on any atom is -0.325 e. The third kappa shape index (κ3) is 4.91. The van der Waals surface area contributed by atoms with Crippen LogP contribution in [0.3, 0.4) is 0 Å². The first-order valence-corrected chi connectivity index (χ1v) is 8.06. The fourth-order valence-electron chi connectivity index (χ4n) is 3.79. The van der Waals surface area contributed by atoms with Gasteiger partial charge in [-0.05, 0) is 49.4 Å². The summed E-state index contributed by atoms with van der Waals surface area (Å²) in [6.07, 6.45) is 10.4. The molecule has 1 rings (SSSR count). The van der Waals surface area contributed by atoms with E-state index in [9.17, 15) is 0 Å². The van der Waals surface area contributed by atoms with Crippen LogP contribution in [0.5, 0.6) is 0 Å². The number of hydrogen-bond donors (Lipinski definition) is 1. The molecule has 1 saturated carbocycles. The summed E-state index contributed by atoms with van der Waals surface area (Å²) in [6.45, 7) is 11.8. The predicted molar refractivity (Wildman–Crippen MR) is 81.6 cm³/mol. The fraction of sp³-hybridized carbons (Fsp3) is 1.00. The number of rotatable bonds is 4. The first-order chi connectivity index (χ1) is 8.27. The van der Waals surface area contributed by atoms with Crippen molar-refractivity contribution in [2.24, 2.45) is 23.0 Å². The molecule has 3 unspecified atom stereocenters. The molecule has 1 aliphatic rings. The maximum absolute atomic E-state index is 6.70. The summed E-state index contributed by atoms with van der Waals surface area (Å²) < 4.78 is 0. The molecule has 0 radical (unpaired) electrons. The third-order valence-electron chi connectivity index (χ3n) is 4.98. The highest BCUT2D eigenvalue weighted by Crippen LogP contribution is 2.40. The van der Waals surface area contributed by atoms with Gasteiger partial charge < -0.3 is 5.73 Å². The van der Waals surface area contributed by atoms with Crippen molar-refractivity contribution >= 4 is 0 Å². The summed E-state index contributed by atoms with van der Waals surface area (Å²) in [5.41, 5.74) is 7.29. The molecular formula is C17H35N. The highest BCUT2D eigenvalue weighted by atomic mass is 14.7. The van der Waals surface area contributed by atoms with E-state index in [0.29, 0.717) is 5.41 Å². The number of hydrogen-bond acceptors (Lipinski definition) is 1. The van der Waals surface area contributed by atoms with Crippen molar-refractivity contribution in [2.45, 2.75) is 91.5 Å². The van der Waals surface area contributed by atoms with E-state index < -0.39 is 0 Å². The quantitative estimate of drug-likeness (QED) is 0.690. The maximum atomic E-state index is 6.70. The van der Waals surface area contributed by atoms with Crippen molar-refractivity contribution in [3.8, 4) is 0 Å². The Morgan fingerprint density at radius 2 is 1.89 bits per heavy atom. The van der Waals surface area contributed by atoms with E-state index in [1.165, 1.54) is 51.4 Å². The Morgan fingerprint density at radius 3 is 2.44 bits per heavy atom. The summed E-state index contributed by atoms with van der Waals surface area (Å²) in [7, 11) is 0. The standard InChI is InChI=1S/C17H35N/c1-6-8-14(2)13-17(18)11-7-9-15(10-12-17)16(3,4)5/h14-15H,6-13,18H2,1-5H3. The van der Waals surface area contributed by atoms with Gasteiger partial charge >= 0.3 is 0 Å². The Kier molecular flexibility index (Phi) is 5.70. The average Bonchev–Trinajstić information content (AvgIpc) is 2.39. The van der Waals surface area contributed by atoms with Crippen LogP contribution < -0.4 is 5.73 Å². The van der Waals surface area contributed by atoms with Gasteiger partial charge in [0.1, 0.15) is 0 Å². The molecule has 0 bridgehead atoms. The lowest BCUT2D eigenvalue weighted by atomic mass is 9.75. The Bertz CT molecular complexity index is 240. The molecule has 0 amide bonds. The zero-order valence-electron chi connectivity index (χ0n) is 13.4. The molecule has 1 heteroatoms. The SMILES string of the molecule is CCCC(C)CC1(N)CCCC(C(C)(C)C)CC1. The lowest BCUT2D eigenvalue weighted by Crippen LogP contribution is -2.41. The van der Waals surface area contributed by atoms with Crippen LogP contribution >= 0.6 is 0 Å². The fourth-order valence-corrected chi connectivity index (χ4v) is 3.79. The van der Waals surface area contributed by atoms with Gasteiger partial charge in [-0.1, -0.05) is 53.9 Å². The van der Waals surface area contributed by atoms with E-state index in [-0.39, 0.29) is 5.54 Å². The van der Waals surface area contributed by atoms with Crippen LogP contribution in [-0.4, -0.2) is 5.54 Å². The molecule has 0 aromatic heterocycles. The predicted octanol–water partition coefficient (Wildman–Crippen LogP) is 5.14. The van der Waals surface area contributed by atoms with E-state index in [1.54, 1.807) is 0 Å². The van der Waals surface area contributed by atoms with E-state index in [4.69, 9.17) is 5.73 Å². The maximum Gasteiger partial charge on any atom is 0.0157 e. The van der Waals surface area contributed by atoms with Crippen molar-refractivity contribution in [1.82, 2.24) is 0 Å². The molecule has 1 aliphatic carbocycles. The van der Waals surface area contributed by atoms with Crippen molar-refractivity contribution in [3.63, 3.8) is 0 Å². The molecule has 0 aliphatic heterocycles. The highest BCUT2D eigenvalue weighted by molar-refractivity contribution is 4.91. The van der Waals surface area contributed by atoms with Gasteiger partial charge in [-0.15, -0.1) is 0 Å².